The van der Waals surface area contributed by atoms with Crippen molar-refractivity contribution in [2.45, 2.75) is 50.4 Å². The van der Waals surface area contributed by atoms with Gasteiger partial charge in [-0.3, -0.25) is 0 Å². The largest absolute Gasteiger partial charge is 0.423 e. The van der Waals surface area contributed by atoms with Crippen molar-refractivity contribution in [3.63, 3.8) is 0 Å². The van der Waals surface area contributed by atoms with Gasteiger partial charge >= 0.3 is 12.2 Å². The monoisotopic (exact) mass is 388 g/mol. The van der Waals surface area contributed by atoms with Crippen LogP contribution in [0.3, 0.4) is 0 Å². The molecule has 1 atom stereocenters. The van der Waals surface area contributed by atoms with Crippen molar-refractivity contribution in [3.05, 3.63) is 28.8 Å². The molecular formula is C18H20ClF3N2O2. The van der Waals surface area contributed by atoms with Gasteiger partial charge in [0.2, 0.25) is 5.60 Å². The van der Waals surface area contributed by atoms with Crippen LogP contribution < -0.4 is 5.32 Å². The smallest absolute Gasteiger partial charge is 0.359 e. The summed E-state index contributed by atoms with van der Waals surface area (Å²) in [6.07, 6.45) is -1.61. The molecule has 1 aliphatic heterocycles. The Morgan fingerprint density at radius 1 is 1.35 bits per heavy atom. The number of hydrogen-bond acceptors (Lipinski definition) is 2. The van der Waals surface area contributed by atoms with E-state index in [4.69, 9.17) is 16.3 Å². The number of carbonyl (C=O) groups excluding carboxylic acids is 1. The molecule has 1 aromatic carbocycles. The maximum Gasteiger partial charge on any atom is 0.423 e. The summed E-state index contributed by atoms with van der Waals surface area (Å²) in [7, 11) is 0. The summed E-state index contributed by atoms with van der Waals surface area (Å²) in [6.45, 7) is 1.34. The summed E-state index contributed by atoms with van der Waals surface area (Å²) in [5.41, 5.74) is -2.86. The van der Waals surface area contributed by atoms with Crippen LogP contribution in [-0.2, 0) is 10.3 Å². The van der Waals surface area contributed by atoms with E-state index in [-0.39, 0.29) is 34.3 Å². The molecule has 2 amide bonds. The number of hydrogen-bond donors (Lipinski definition) is 1. The molecule has 1 heterocycles. The highest BCUT2D eigenvalue weighted by atomic mass is 35.5. The number of halogens is 4. The van der Waals surface area contributed by atoms with Crippen LogP contribution in [0.2, 0.25) is 5.02 Å². The second-order valence-electron chi connectivity index (χ2n) is 7.90. The Kier molecular flexibility index (Phi) is 3.97. The van der Waals surface area contributed by atoms with Gasteiger partial charge in [-0.05, 0) is 49.3 Å². The number of urea groups is 1. The average Bonchev–Trinajstić information content (AvgIpc) is 3.44. The normalized spacial score (nSPS) is 27.6. The molecule has 3 aliphatic rings. The Hall–Kier alpha value is -1.47. The van der Waals surface area contributed by atoms with Crippen LogP contribution >= 0.6 is 11.6 Å². The van der Waals surface area contributed by atoms with Crippen molar-refractivity contribution < 1.29 is 22.7 Å². The van der Waals surface area contributed by atoms with Crippen molar-refractivity contribution in [3.8, 4) is 0 Å². The Labute approximate surface area is 154 Å². The van der Waals surface area contributed by atoms with E-state index in [9.17, 15) is 18.0 Å². The average molecular weight is 389 g/mol. The fourth-order valence-corrected chi connectivity index (χ4v) is 3.50. The first-order valence-corrected chi connectivity index (χ1v) is 9.10. The van der Waals surface area contributed by atoms with E-state index in [2.05, 4.69) is 5.32 Å². The highest BCUT2D eigenvalue weighted by molar-refractivity contribution is 6.30. The second kappa shape index (κ2) is 5.76. The zero-order valence-corrected chi connectivity index (χ0v) is 15.1. The topological polar surface area (TPSA) is 41.6 Å². The minimum Gasteiger partial charge on any atom is -0.359 e. The van der Waals surface area contributed by atoms with E-state index in [0.717, 1.165) is 12.8 Å². The third-order valence-electron chi connectivity index (χ3n) is 5.53. The maximum atomic E-state index is 14.4. The lowest BCUT2D eigenvalue weighted by atomic mass is 9.90. The maximum absolute atomic E-state index is 14.4. The molecule has 2 fully saturated rings. The van der Waals surface area contributed by atoms with Crippen molar-refractivity contribution in [1.29, 1.82) is 0 Å². The van der Waals surface area contributed by atoms with E-state index in [1.807, 2.05) is 6.92 Å². The lowest BCUT2D eigenvalue weighted by molar-refractivity contribution is -0.291. The highest BCUT2D eigenvalue weighted by Gasteiger charge is 2.62. The summed E-state index contributed by atoms with van der Waals surface area (Å²) in [5.74, 6) is 0. The molecule has 0 saturated heterocycles. The van der Waals surface area contributed by atoms with Gasteiger partial charge in [-0.25, -0.2) is 4.79 Å². The lowest BCUT2D eigenvalue weighted by Gasteiger charge is -2.39. The van der Waals surface area contributed by atoms with Crippen molar-refractivity contribution >= 4 is 23.3 Å². The molecule has 2 saturated carbocycles. The van der Waals surface area contributed by atoms with Gasteiger partial charge in [0.25, 0.3) is 0 Å². The van der Waals surface area contributed by atoms with E-state index < -0.39 is 24.4 Å². The van der Waals surface area contributed by atoms with Crippen molar-refractivity contribution in [1.82, 2.24) is 4.90 Å². The van der Waals surface area contributed by atoms with Gasteiger partial charge in [-0.1, -0.05) is 18.5 Å². The highest BCUT2D eigenvalue weighted by Crippen LogP contribution is 2.52. The van der Waals surface area contributed by atoms with Crippen LogP contribution in [0.5, 0.6) is 0 Å². The number of benzene rings is 1. The van der Waals surface area contributed by atoms with Crippen LogP contribution in [0.4, 0.5) is 23.7 Å². The molecule has 0 aromatic heterocycles. The third-order valence-corrected chi connectivity index (χ3v) is 5.76. The molecule has 0 spiro atoms. The Morgan fingerprint density at radius 2 is 2.04 bits per heavy atom. The molecule has 4 rings (SSSR count). The molecule has 0 bridgehead atoms. The molecule has 4 nitrogen and oxygen atoms in total. The fourth-order valence-electron chi connectivity index (χ4n) is 3.33. The van der Waals surface area contributed by atoms with E-state index >= 15 is 0 Å². The van der Waals surface area contributed by atoms with Crippen LogP contribution in [0.25, 0.3) is 0 Å². The Morgan fingerprint density at radius 3 is 2.62 bits per heavy atom. The standard InChI is InChI=1S/C18H20ClF3N2O2/c1-16(6-7-16)10-26-17(18(20,21)22)9-24(12-3-4-12)15(25)23-14-5-2-11(19)8-13(14)17/h2,5,8,12H,3-4,6-7,9-10H2,1H3,(H,23,25)/t17-/m0/s1. The predicted molar refractivity (Wildman–Crippen MR) is 91.2 cm³/mol. The van der Waals surface area contributed by atoms with Crippen LogP contribution in [0, 0.1) is 5.41 Å². The number of nitrogens with one attached hydrogen (secondary N) is 1. The van der Waals surface area contributed by atoms with Gasteiger partial charge in [0.05, 0.1) is 13.2 Å². The predicted octanol–water partition coefficient (Wildman–Crippen LogP) is 4.92. The Bertz CT molecular complexity index is 746. The van der Waals surface area contributed by atoms with Crippen molar-refractivity contribution in [2.75, 3.05) is 18.5 Å². The van der Waals surface area contributed by atoms with Gasteiger partial charge in [0.1, 0.15) is 0 Å². The van der Waals surface area contributed by atoms with E-state index in [0.29, 0.717) is 12.8 Å². The minimum atomic E-state index is -4.70. The third kappa shape index (κ3) is 3.05. The van der Waals surface area contributed by atoms with Crippen molar-refractivity contribution in [2.24, 2.45) is 5.41 Å². The van der Waals surface area contributed by atoms with E-state index in [1.165, 1.54) is 23.1 Å². The molecule has 8 heteroatoms. The molecule has 1 aromatic rings. The lowest BCUT2D eigenvalue weighted by Crippen LogP contribution is -2.54. The SMILES string of the molecule is CC1(CO[C@@]2(C(F)(F)F)CN(C3CC3)C(=O)Nc3ccc(Cl)cc32)CC1. The second-order valence-corrected chi connectivity index (χ2v) is 8.34. The minimum absolute atomic E-state index is 0.00877. The number of anilines is 1. The summed E-state index contributed by atoms with van der Waals surface area (Å²) in [5, 5.41) is 2.78. The molecule has 2 aliphatic carbocycles. The van der Waals surface area contributed by atoms with Gasteiger partial charge in [-0.2, -0.15) is 13.2 Å². The molecule has 0 unspecified atom stereocenters. The van der Waals surface area contributed by atoms with Gasteiger partial charge in [0.15, 0.2) is 0 Å². The number of ether oxygens (including phenoxy) is 1. The first kappa shape index (κ1) is 17.9. The number of amides is 2. The summed E-state index contributed by atoms with van der Waals surface area (Å²) in [4.78, 5) is 13.8. The first-order chi connectivity index (χ1) is 12.1. The molecule has 26 heavy (non-hydrogen) atoms. The summed E-state index contributed by atoms with van der Waals surface area (Å²) >= 11 is 6.01. The van der Waals surface area contributed by atoms with E-state index in [1.54, 1.807) is 0 Å². The van der Waals surface area contributed by atoms with Crippen LogP contribution in [0.1, 0.15) is 38.2 Å². The zero-order valence-electron chi connectivity index (χ0n) is 14.3. The quantitative estimate of drug-likeness (QED) is 0.795. The number of fused-ring (bicyclic) bond motifs is 1. The summed E-state index contributed by atoms with van der Waals surface area (Å²) in [6, 6.07) is 3.44. The number of nitrogens with zero attached hydrogens (tertiary/aromatic N) is 1. The van der Waals surface area contributed by atoms with Gasteiger partial charge in [-0.15, -0.1) is 0 Å². The number of carbonyl (C=O) groups is 1. The fraction of sp³-hybridized carbons (Fsp3) is 0.611. The van der Waals surface area contributed by atoms with Crippen LogP contribution in [0.15, 0.2) is 18.2 Å². The summed E-state index contributed by atoms with van der Waals surface area (Å²) < 4.78 is 49.0. The first-order valence-electron chi connectivity index (χ1n) is 8.72. The van der Waals surface area contributed by atoms with Gasteiger partial charge < -0.3 is 15.0 Å². The van der Waals surface area contributed by atoms with Gasteiger partial charge in [0, 0.05) is 22.3 Å². The Balaban J connectivity index is 1.83. The number of rotatable bonds is 4. The van der Waals surface area contributed by atoms with Crippen LogP contribution in [-0.4, -0.2) is 36.3 Å². The molecule has 142 valence electrons. The molecule has 1 N–H and O–H groups in total. The number of alkyl halides is 3. The molecule has 0 radical (unpaired) electrons. The molecular weight excluding hydrogens is 369 g/mol. The zero-order chi connectivity index (χ0) is 18.7.